The van der Waals surface area contributed by atoms with E-state index in [-0.39, 0.29) is 18.9 Å². The smallest absolute Gasteiger partial charge is 0.211 e. The molecule has 0 saturated carbocycles. The number of fused-ring (bicyclic) bond motifs is 1. The van der Waals surface area contributed by atoms with E-state index in [9.17, 15) is 4.79 Å². The van der Waals surface area contributed by atoms with Crippen LogP contribution >= 0.6 is 0 Å². The summed E-state index contributed by atoms with van der Waals surface area (Å²) in [5.41, 5.74) is 0.716. The third-order valence-corrected chi connectivity index (χ3v) is 2.27. The molecule has 2 rings (SSSR count). The number of ketones is 1. The monoisotopic (exact) mass is 219 g/mol. The number of hydrogen-bond donors (Lipinski definition) is 2. The first-order valence-corrected chi connectivity index (χ1v) is 5.14. The number of furan rings is 1. The van der Waals surface area contributed by atoms with Crippen molar-refractivity contribution in [2.45, 2.75) is 0 Å². The van der Waals surface area contributed by atoms with Gasteiger partial charge in [0.25, 0.3) is 0 Å². The Balaban J connectivity index is 2.11. The summed E-state index contributed by atoms with van der Waals surface area (Å²) in [5.74, 6) is 0.247. The topological polar surface area (TPSA) is 62.5 Å². The first-order valence-electron chi connectivity index (χ1n) is 5.14. The van der Waals surface area contributed by atoms with Crippen LogP contribution in [0.15, 0.2) is 34.7 Å². The van der Waals surface area contributed by atoms with Crippen LogP contribution in [0.25, 0.3) is 11.0 Å². The normalized spacial score (nSPS) is 10.8. The third-order valence-electron chi connectivity index (χ3n) is 2.27. The fourth-order valence-corrected chi connectivity index (χ4v) is 1.49. The molecular formula is C12H13NO3. The Morgan fingerprint density at radius 1 is 1.38 bits per heavy atom. The van der Waals surface area contributed by atoms with Crippen LogP contribution in [0.1, 0.15) is 10.6 Å². The molecule has 0 unspecified atom stereocenters. The Kier molecular flexibility index (Phi) is 3.34. The average Bonchev–Trinajstić information content (AvgIpc) is 2.73. The maximum atomic E-state index is 11.7. The van der Waals surface area contributed by atoms with Crippen molar-refractivity contribution in [1.82, 2.24) is 5.32 Å². The van der Waals surface area contributed by atoms with Gasteiger partial charge in [-0.2, -0.15) is 0 Å². The van der Waals surface area contributed by atoms with Crippen molar-refractivity contribution in [2.24, 2.45) is 0 Å². The van der Waals surface area contributed by atoms with Crippen molar-refractivity contribution in [2.75, 3.05) is 19.7 Å². The van der Waals surface area contributed by atoms with Gasteiger partial charge in [0, 0.05) is 11.9 Å². The van der Waals surface area contributed by atoms with Gasteiger partial charge in [-0.25, -0.2) is 0 Å². The Labute approximate surface area is 92.9 Å². The number of Topliss-reactive ketones (excluding diaryl/α,β-unsaturated/α-hetero) is 1. The largest absolute Gasteiger partial charge is 0.453 e. The molecule has 0 aliphatic heterocycles. The van der Waals surface area contributed by atoms with E-state index in [1.54, 1.807) is 6.07 Å². The van der Waals surface area contributed by atoms with Crippen LogP contribution in [0.3, 0.4) is 0 Å². The fraction of sp³-hybridized carbons (Fsp3) is 0.250. The molecule has 1 aromatic carbocycles. The van der Waals surface area contributed by atoms with Crippen LogP contribution in [0.4, 0.5) is 0 Å². The average molecular weight is 219 g/mol. The minimum absolute atomic E-state index is 0.0212. The highest BCUT2D eigenvalue weighted by Crippen LogP contribution is 2.18. The molecule has 0 atom stereocenters. The van der Waals surface area contributed by atoms with Gasteiger partial charge in [0.05, 0.1) is 13.2 Å². The lowest BCUT2D eigenvalue weighted by molar-refractivity contribution is 0.0965. The maximum Gasteiger partial charge on any atom is 0.211 e. The van der Waals surface area contributed by atoms with Gasteiger partial charge in [-0.3, -0.25) is 4.79 Å². The summed E-state index contributed by atoms with van der Waals surface area (Å²) in [7, 11) is 0. The van der Waals surface area contributed by atoms with Crippen molar-refractivity contribution in [3.05, 3.63) is 36.1 Å². The van der Waals surface area contributed by atoms with Crippen LogP contribution in [-0.2, 0) is 0 Å². The minimum Gasteiger partial charge on any atom is -0.453 e. The molecule has 0 bridgehead atoms. The van der Waals surface area contributed by atoms with Crippen LogP contribution < -0.4 is 5.32 Å². The number of carbonyl (C=O) groups excluding carboxylic acids is 1. The van der Waals surface area contributed by atoms with Gasteiger partial charge in [0.15, 0.2) is 5.76 Å². The van der Waals surface area contributed by atoms with Gasteiger partial charge in [-0.15, -0.1) is 0 Å². The molecule has 4 heteroatoms. The second-order valence-corrected chi connectivity index (χ2v) is 3.47. The SMILES string of the molecule is O=C(CNCCO)c1cc2ccccc2o1. The van der Waals surface area contributed by atoms with Gasteiger partial charge in [-0.1, -0.05) is 18.2 Å². The Hall–Kier alpha value is -1.65. The molecule has 0 fully saturated rings. The Bertz CT molecular complexity index is 457. The van der Waals surface area contributed by atoms with Gasteiger partial charge in [-0.05, 0) is 12.1 Å². The second kappa shape index (κ2) is 4.92. The van der Waals surface area contributed by atoms with Crippen molar-refractivity contribution < 1.29 is 14.3 Å². The highest BCUT2D eigenvalue weighted by molar-refractivity contribution is 5.98. The highest BCUT2D eigenvalue weighted by Gasteiger charge is 2.10. The molecule has 2 aromatic rings. The van der Waals surface area contributed by atoms with Crippen molar-refractivity contribution in [3.8, 4) is 0 Å². The standard InChI is InChI=1S/C12H13NO3/c14-6-5-13-8-10(15)12-7-9-3-1-2-4-11(9)16-12/h1-4,7,13-14H,5-6,8H2. The van der Waals surface area contributed by atoms with E-state index in [1.165, 1.54) is 0 Å². The van der Waals surface area contributed by atoms with E-state index in [4.69, 9.17) is 9.52 Å². The lowest BCUT2D eigenvalue weighted by atomic mass is 10.2. The first kappa shape index (κ1) is 10.9. The number of nitrogens with one attached hydrogen (secondary N) is 1. The zero-order chi connectivity index (χ0) is 11.4. The lowest BCUT2D eigenvalue weighted by Crippen LogP contribution is -2.25. The zero-order valence-electron chi connectivity index (χ0n) is 8.77. The van der Waals surface area contributed by atoms with E-state index in [0.717, 1.165) is 5.39 Å². The van der Waals surface area contributed by atoms with Crippen molar-refractivity contribution >= 4 is 16.8 Å². The fourth-order valence-electron chi connectivity index (χ4n) is 1.49. The molecule has 1 heterocycles. The van der Waals surface area contributed by atoms with Gasteiger partial charge in [0.2, 0.25) is 5.78 Å². The molecule has 16 heavy (non-hydrogen) atoms. The molecule has 0 spiro atoms. The molecule has 0 aliphatic rings. The van der Waals surface area contributed by atoms with Crippen molar-refractivity contribution in [1.29, 1.82) is 0 Å². The van der Waals surface area contributed by atoms with Crippen LogP contribution in [0.5, 0.6) is 0 Å². The number of carbonyl (C=O) groups is 1. The zero-order valence-corrected chi connectivity index (χ0v) is 8.77. The number of aliphatic hydroxyl groups excluding tert-OH is 1. The summed E-state index contributed by atoms with van der Waals surface area (Å²) in [4.78, 5) is 11.7. The summed E-state index contributed by atoms with van der Waals surface area (Å²) in [5, 5.41) is 12.3. The summed E-state index contributed by atoms with van der Waals surface area (Å²) in [6.45, 7) is 0.611. The Morgan fingerprint density at radius 2 is 2.19 bits per heavy atom. The van der Waals surface area contributed by atoms with Crippen LogP contribution in [0.2, 0.25) is 0 Å². The summed E-state index contributed by atoms with van der Waals surface area (Å²) in [6, 6.07) is 9.22. The molecule has 2 N–H and O–H groups in total. The minimum atomic E-state index is -0.107. The summed E-state index contributed by atoms with van der Waals surface area (Å²) < 4.78 is 5.41. The predicted molar refractivity (Wildman–Crippen MR) is 60.5 cm³/mol. The lowest BCUT2D eigenvalue weighted by Gasteiger charge is -1.98. The molecule has 1 aromatic heterocycles. The van der Waals surface area contributed by atoms with E-state index in [1.807, 2.05) is 24.3 Å². The molecule has 0 saturated heterocycles. The summed E-state index contributed by atoms with van der Waals surface area (Å²) >= 11 is 0. The molecular weight excluding hydrogens is 206 g/mol. The second-order valence-electron chi connectivity index (χ2n) is 3.47. The number of rotatable bonds is 5. The number of aliphatic hydroxyl groups is 1. The van der Waals surface area contributed by atoms with Gasteiger partial charge < -0.3 is 14.8 Å². The van der Waals surface area contributed by atoms with Gasteiger partial charge in [0.1, 0.15) is 5.58 Å². The number of hydrogen-bond acceptors (Lipinski definition) is 4. The molecule has 0 radical (unpaired) electrons. The van der Waals surface area contributed by atoms with E-state index in [0.29, 0.717) is 17.9 Å². The van der Waals surface area contributed by atoms with Crippen LogP contribution in [-0.4, -0.2) is 30.6 Å². The summed E-state index contributed by atoms with van der Waals surface area (Å²) in [6.07, 6.45) is 0. The van der Waals surface area contributed by atoms with E-state index in [2.05, 4.69) is 5.32 Å². The van der Waals surface area contributed by atoms with Gasteiger partial charge >= 0.3 is 0 Å². The molecule has 84 valence electrons. The maximum absolute atomic E-state index is 11.7. The Morgan fingerprint density at radius 3 is 2.94 bits per heavy atom. The van der Waals surface area contributed by atoms with E-state index >= 15 is 0 Å². The van der Waals surface area contributed by atoms with E-state index < -0.39 is 0 Å². The number of para-hydroxylation sites is 1. The van der Waals surface area contributed by atoms with Crippen molar-refractivity contribution in [3.63, 3.8) is 0 Å². The predicted octanol–water partition coefficient (Wildman–Crippen LogP) is 1.20. The highest BCUT2D eigenvalue weighted by atomic mass is 16.3. The molecule has 0 aliphatic carbocycles. The third kappa shape index (κ3) is 2.29. The molecule has 0 amide bonds. The number of benzene rings is 1. The quantitative estimate of drug-likeness (QED) is 0.586. The first-order chi connectivity index (χ1) is 7.81. The van der Waals surface area contributed by atoms with Crippen LogP contribution in [0, 0.1) is 0 Å². The molecule has 4 nitrogen and oxygen atoms in total.